The van der Waals surface area contributed by atoms with Crippen molar-refractivity contribution in [1.82, 2.24) is 15.2 Å². The standard InChI is InChI=1S/C21H22N4O3/c1-15(28-19-6-4-16(13-22)5-7-19)21(27)25-11-8-18(9-12-25)24-20(26)17-3-2-10-23-14-17/h2-7,10,14-15,18H,8-9,11-12H2,1H3,(H,24,26). The maximum absolute atomic E-state index is 12.6. The molecule has 0 saturated carbocycles. The van der Waals surface area contributed by atoms with Crippen LogP contribution in [0, 0.1) is 11.3 Å². The monoisotopic (exact) mass is 378 g/mol. The number of benzene rings is 1. The van der Waals surface area contributed by atoms with E-state index in [0.29, 0.717) is 42.8 Å². The van der Waals surface area contributed by atoms with Crippen LogP contribution in [0.15, 0.2) is 48.8 Å². The van der Waals surface area contributed by atoms with Crippen molar-refractivity contribution in [2.45, 2.75) is 31.9 Å². The van der Waals surface area contributed by atoms with Crippen LogP contribution in [-0.4, -0.2) is 46.9 Å². The first-order chi connectivity index (χ1) is 13.6. The number of amides is 2. The molecule has 1 atom stereocenters. The SMILES string of the molecule is CC(Oc1ccc(C#N)cc1)C(=O)N1CCC(NC(=O)c2cccnc2)CC1. The van der Waals surface area contributed by atoms with Crippen LogP contribution in [0.4, 0.5) is 0 Å². The normalized spacial score (nSPS) is 15.4. The fourth-order valence-corrected chi connectivity index (χ4v) is 3.13. The molecule has 1 fully saturated rings. The molecular formula is C21H22N4O3. The molecule has 7 heteroatoms. The van der Waals surface area contributed by atoms with Gasteiger partial charge in [0.25, 0.3) is 11.8 Å². The smallest absolute Gasteiger partial charge is 0.263 e. The van der Waals surface area contributed by atoms with Crippen molar-refractivity contribution in [3.8, 4) is 11.8 Å². The van der Waals surface area contributed by atoms with Crippen molar-refractivity contribution in [3.05, 3.63) is 59.9 Å². The van der Waals surface area contributed by atoms with Crippen LogP contribution in [-0.2, 0) is 4.79 Å². The molecule has 1 unspecified atom stereocenters. The lowest BCUT2D eigenvalue weighted by Gasteiger charge is -2.33. The third-order valence-corrected chi connectivity index (χ3v) is 4.71. The summed E-state index contributed by atoms with van der Waals surface area (Å²) < 4.78 is 5.70. The minimum atomic E-state index is -0.616. The van der Waals surface area contributed by atoms with Gasteiger partial charge in [-0.2, -0.15) is 5.26 Å². The fraction of sp³-hybridized carbons (Fsp3) is 0.333. The zero-order valence-corrected chi connectivity index (χ0v) is 15.7. The first-order valence-electron chi connectivity index (χ1n) is 9.23. The Balaban J connectivity index is 1.47. The van der Waals surface area contributed by atoms with E-state index in [1.54, 1.807) is 54.4 Å². The summed E-state index contributed by atoms with van der Waals surface area (Å²) in [4.78, 5) is 30.6. The number of hydrogen-bond acceptors (Lipinski definition) is 5. The Morgan fingerprint density at radius 2 is 1.96 bits per heavy atom. The minimum Gasteiger partial charge on any atom is -0.481 e. The Hall–Kier alpha value is -3.40. The Morgan fingerprint density at radius 3 is 2.57 bits per heavy atom. The van der Waals surface area contributed by atoms with Crippen LogP contribution in [0.5, 0.6) is 5.75 Å². The van der Waals surface area contributed by atoms with Crippen molar-refractivity contribution in [3.63, 3.8) is 0 Å². The molecule has 1 aromatic carbocycles. The van der Waals surface area contributed by atoms with Gasteiger partial charge < -0.3 is 15.0 Å². The maximum Gasteiger partial charge on any atom is 0.263 e. The van der Waals surface area contributed by atoms with Crippen LogP contribution < -0.4 is 10.1 Å². The number of likely N-dealkylation sites (tertiary alicyclic amines) is 1. The van der Waals surface area contributed by atoms with E-state index in [4.69, 9.17) is 10.00 Å². The number of rotatable bonds is 5. The third kappa shape index (κ3) is 4.86. The number of nitrogens with zero attached hydrogens (tertiary/aromatic N) is 3. The molecule has 0 spiro atoms. The summed E-state index contributed by atoms with van der Waals surface area (Å²) in [5, 5.41) is 11.8. The predicted octanol–water partition coefficient (Wildman–Crippen LogP) is 2.14. The molecule has 144 valence electrons. The second kappa shape index (κ2) is 9.00. The highest BCUT2D eigenvalue weighted by Crippen LogP contribution is 2.17. The molecule has 0 bridgehead atoms. The van der Waals surface area contributed by atoms with Crippen LogP contribution in [0.1, 0.15) is 35.7 Å². The molecule has 1 N–H and O–H groups in total. The van der Waals surface area contributed by atoms with E-state index in [-0.39, 0.29) is 17.9 Å². The van der Waals surface area contributed by atoms with Crippen LogP contribution in [0.3, 0.4) is 0 Å². The molecule has 7 nitrogen and oxygen atoms in total. The number of nitriles is 1. The van der Waals surface area contributed by atoms with Crippen molar-refractivity contribution < 1.29 is 14.3 Å². The van der Waals surface area contributed by atoms with Gasteiger partial charge in [0.15, 0.2) is 6.10 Å². The molecule has 0 aliphatic carbocycles. The number of carbonyl (C=O) groups is 2. The summed E-state index contributed by atoms with van der Waals surface area (Å²) in [5.41, 5.74) is 1.08. The van der Waals surface area contributed by atoms with Gasteiger partial charge in [-0.15, -0.1) is 0 Å². The quantitative estimate of drug-likeness (QED) is 0.860. The van der Waals surface area contributed by atoms with Gasteiger partial charge in [0, 0.05) is 31.5 Å². The van der Waals surface area contributed by atoms with Crippen molar-refractivity contribution in [2.75, 3.05) is 13.1 Å². The number of piperidine rings is 1. The number of carbonyl (C=O) groups excluding carboxylic acids is 2. The van der Waals surface area contributed by atoms with Crippen LogP contribution in [0.25, 0.3) is 0 Å². The van der Waals surface area contributed by atoms with Gasteiger partial charge in [-0.1, -0.05) is 0 Å². The lowest BCUT2D eigenvalue weighted by Crippen LogP contribution is -2.49. The topological polar surface area (TPSA) is 95.3 Å². The second-order valence-corrected chi connectivity index (χ2v) is 6.71. The predicted molar refractivity (Wildman–Crippen MR) is 103 cm³/mol. The number of nitrogens with one attached hydrogen (secondary N) is 1. The zero-order chi connectivity index (χ0) is 19.9. The molecule has 1 aliphatic heterocycles. The van der Waals surface area contributed by atoms with E-state index >= 15 is 0 Å². The molecule has 1 aliphatic rings. The van der Waals surface area contributed by atoms with Gasteiger partial charge in [0.1, 0.15) is 5.75 Å². The van der Waals surface area contributed by atoms with Gasteiger partial charge in [-0.3, -0.25) is 14.6 Å². The lowest BCUT2D eigenvalue weighted by atomic mass is 10.0. The molecule has 28 heavy (non-hydrogen) atoms. The number of pyridine rings is 1. The molecule has 0 radical (unpaired) electrons. The number of aromatic nitrogens is 1. The molecule has 1 saturated heterocycles. The van der Waals surface area contributed by atoms with Gasteiger partial charge >= 0.3 is 0 Å². The largest absolute Gasteiger partial charge is 0.481 e. The van der Waals surface area contributed by atoms with E-state index in [9.17, 15) is 9.59 Å². The summed E-state index contributed by atoms with van der Waals surface area (Å²) in [5.74, 6) is 0.329. The van der Waals surface area contributed by atoms with E-state index in [1.165, 1.54) is 6.20 Å². The lowest BCUT2D eigenvalue weighted by molar-refractivity contribution is -0.139. The summed E-state index contributed by atoms with van der Waals surface area (Å²) >= 11 is 0. The highest BCUT2D eigenvalue weighted by molar-refractivity contribution is 5.94. The third-order valence-electron chi connectivity index (χ3n) is 4.71. The molecular weight excluding hydrogens is 356 g/mol. The van der Waals surface area contributed by atoms with Gasteiger partial charge in [-0.25, -0.2) is 0 Å². The summed E-state index contributed by atoms with van der Waals surface area (Å²) in [6, 6.07) is 12.2. The number of hydrogen-bond donors (Lipinski definition) is 1. The summed E-state index contributed by atoms with van der Waals surface area (Å²) in [7, 11) is 0. The Kier molecular flexibility index (Phi) is 6.22. The first-order valence-corrected chi connectivity index (χ1v) is 9.23. The Bertz CT molecular complexity index is 853. The molecule has 1 aromatic heterocycles. The summed E-state index contributed by atoms with van der Waals surface area (Å²) in [6.45, 7) is 2.85. The average molecular weight is 378 g/mol. The van der Waals surface area contributed by atoms with Crippen molar-refractivity contribution >= 4 is 11.8 Å². The molecule has 2 amide bonds. The van der Waals surface area contributed by atoms with Crippen LogP contribution in [0.2, 0.25) is 0 Å². The molecule has 2 aromatic rings. The van der Waals surface area contributed by atoms with Crippen LogP contribution >= 0.6 is 0 Å². The zero-order valence-electron chi connectivity index (χ0n) is 15.7. The van der Waals surface area contributed by atoms with E-state index in [2.05, 4.69) is 10.3 Å². The Morgan fingerprint density at radius 1 is 1.25 bits per heavy atom. The fourth-order valence-electron chi connectivity index (χ4n) is 3.13. The van der Waals surface area contributed by atoms with Gasteiger partial charge in [0.2, 0.25) is 0 Å². The van der Waals surface area contributed by atoms with Crippen molar-refractivity contribution in [1.29, 1.82) is 5.26 Å². The maximum atomic E-state index is 12.6. The van der Waals surface area contributed by atoms with Crippen molar-refractivity contribution in [2.24, 2.45) is 0 Å². The van der Waals surface area contributed by atoms with E-state index in [1.807, 2.05) is 6.07 Å². The highest BCUT2D eigenvalue weighted by Gasteiger charge is 2.27. The van der Waals surface area contributed by atoms with Gasteiger partial charge in [0.05, 0.1) is 17.2 Å². The van der Waals surface area contributed by atoms with E-state index in [0.717, 1.165) is 0 Å². The highest BCUT2D eigenvalue weighted by atomic mass is 16.5. The minimum absolute atomic E-state index is 0.0338. The first kappa shape index (κ1) is 19.4. The molecule has 3 rings (SSSR count). The second-order valence-electron chi connectivity index (χ2n) is 6.71. The Labute approximate surface area is 163 Å². The van der Waals surface area contributed by atoms with E-state index < -0.39 is 6.10 Å². The molecule has 2 heterocycles. The average Bonchev–Trinajstić information content (AvgIpc) is 2.75. The summed E-state index contributed by atoms with van der Waals surface area (Å²) in [6.07, 6.45) is 3.94. The van der Waals surface area contributed by atoms with Gasteiger partial charge in [-0.05, 0) is 56.2 Å². The number of ether oxygens (including phenoxy) is 1.